The van der Waals surface area contributed by atoms with Gasteiger partial charge in [0, 0.05) is 30.8 Å². The Bertz CT molecular complexity index is 335. The van der Waals surface area contributed by atoms with Crippen molar-refractivity contribution in [1.82, 2.24) is 5.32 Å². The number of halogens is 3. The van der Waals surface area contributed by atoms with Gasteiger partial charge in [-0.3, -0.25) is 0 Å². The summed E-state index contributed by atoms with van der Waals surface area (Å²) in [6, 6.07) is 4.36. The predicted molar refractivity (Wildman–Crippen MR) is 67.2 cm³/mol. The van der Waals surface area contributed by atoms with Gasteiger partial charge < -0.3 is 15.8 Å². The quantitative estimate of drug-likeness (QED) is 0.823. The van der Waals surface area contributed by atoms with E-state index >= 15 is 0 Å². The first-order chi connectivity index (χ1) is 6.75. The van der Waals surface area contributed by atoms with Crippen molar-refractivity contribution in [2.75, 3.05) is 25.4 Å². The van der Waals surface area contributed by atoms with Crippen LogP contribution in [0.4, 0.5) is 10.1 Å². The van der Waals surface area contributed by atoms with Crippen LogP contribution < -0.4 is 15.8 Å². The van der Waals surface area contributed by atoms with Crippen LogP contribution in [0.1, 0.15) is 0 Å². The van der Waals surface area contributed by atoms with Crippen LogP contribution in [0.25, 0.3) is 0 Å². The van der Waals surface area contributed by atoms with Gasteiger partial charge in [0.15, 0.2) is 11.6 Å². The molecule has 0 atom stereocenters. The highest BCUT2D eigenvalue weighted by Gasteiger charge is 2.17. The van der Waals surface area contributed by atoms with Gasteiger partial charge in [-0.2, -0.15) is 0 Å². The Kier molecular flexibility index (Phi) is 6.48. The van der Waals surface area contributed by atoms with Gasteiger partial charge in [0.25, 0.3) is 0 Å². The second-order valence-electron chi connectivity index (χ2n) is 3.53. The highest BCUT2D eigenvalue weighted by molar-refractivity contribution is 5.85. The molecule has 1 aromatic carbocycles. The minimum Gasteiger partial charge on any atom is -0.490 e. The van der Waals surface area contributed by atoms with E-state index in [9.17, 15) is 4.39 Å². The van der Waals surface area contributed by atoms with E-state index < -0.39 is 0 Å². The van der Waals surface area contributed by atoms with E-state index in [1.165, 1.54) is 18.2 Å². The first-order valence-corrected chi connectivity index (χ1v) is 4.64. The minimum atomic E-state index is -0.355. The van der Waals surface area contributed by atoms with E-state index in [-0.39, 0.29) is 36.4 Å². The Morgan fingerprint density at radius 3 is 2.62 bits per heavy atom. The molecule has 0 radical (unpaired) electrons. The van der Waals surface area contributed by atoms with E-state index in [1.807, 2.05) is 0 Å². The number of nitrogens with one attached hydrogen (secondary N) is 1. The van der Waals surface area contributed by atoms with Crippen molar-refractivity contribution < 1.29 is 9.13 Å². The second-order valence-corrected chi connectivity index (χ2v) is 3.53. The number of nitrogen functional groups attached to an aromatic ring is 1. The lowest BCUT2D eigenvalue weighted by Crippen LogP contribution is -2.45. The van der Waals surface area contributed by atoms with Gasteiger partial charge in [-0.25, -0.2) is 4.39 Å². The topological polar surface area (TPSA) is 47.3 Å². The lowest BCUT2D eigenvalue weighted by Gasteiger charge is -2.26. The van der Waals surface area contributed by atoms with E-state index in [0.29, 0.717) is 18.2 Å². The Morgan fingerprint density at radius 1 is 1.38 bits per heavy atom. The van der Waals surface area contributed by atoms with Crippen LogP contribution in [-0.4, -0.2) is 19.7 Å². The third-order valence-corrected chi connectivity index (χ3v) is 2.30. The highest BCUT2D eigenvalue weighted by atomic mass is 35.5. The van der Waals surface area contributed by atoms with Crippen LogP contribution in [0.3, 0.4) is 0 Å². The fourth-order valence-electron chi connectivity index (χ4n) is 1.30. The molecule has 0 aliphatic carbocycles. The summed E-state index contributed by atoms with van der Waals surface area (Å²) in [5, 5.41) is 3.13. The molecule has 1 fully saturated rings. The van der Waals surface area contributed by atoms with Gasteiger partial charge in [-0.05, 0) is 12.1 Å². The number of hydrogen-bond acceptors (Lipinski definition) is 3. The molecule has 1 saturated heterocycles. The highest BCUT2D eigenvalue weighted by Crippen LogP contribution is 2.20. The molecule has 16 heavy (non-hydrogen) atoms. The molecule has 0 saturated carbocycles. The summed E-state index contributed by atoms with van der Waals surface area (Å²) in [7, 11) is 0. The lowest BCUT2D eigenvalue weighted by atomic mass is 10.1. The van der Waals surface area contributed by atoms with Crippen LogP contribution >= 0.6 is 24.8 Å². The summed E-state index contributed by atoms with van der Waals surface area (Å²) in [6.07, 6.45) is 0. The Hall–Kier alpha value is -0.710. The zero-order valence-electron chi connectivity index (χ0n) is 8.61. The van der Waals surface area contributed by atoms with Crippen molar-refractivity contribution in [3.8, 4) is 5.75 Å². The van der Waals surface area contributed by atoms with Crippen LogP contribution in [0.5, 0.6) is 5.75 Å². The molecule has 0 bridgehead atoms. The second kappa shape index (κ2) is 6.78. The lowest BCUT2D eigenvalue weighted by molar-refractivity contribution is 0.193. The summed E-state index contributed by atoms with van der Waals surface area (Å²) in [6.45, 7) is 2.45. The summed E-state index contributed by atoms with van der Waals surface area (Å²) >= 11 is 0. The first kappa shape index (κ1) is 15.3. The van der Waals surface area contributed by atoms with E-state index in [2.05, 4.69) is 5.32 Å². The van der Waals surface area contributed by atoms with Gasteiger partial charge in [0.2, 0.25) is 0 Å². The monoisotopic (exact) mass is 268 g/mol. The number of rotatable bonds is 3. The maximum absolute atomic E-state index is 13.1. The molecule has 92 valence electrons. The van der Waals surface area contributed by atoms with E-state index in [1.54, 1.807) is 0 Å². The molecule has 0 spiro atoms. The summed E-state index contributed by atoms with van der Waals surface area (Å²) in [4.78, 5) is 0. The van der Waals surface area contributed by atoms with Crippen LogP contribution in [0, 0.1) is 11.7 Å². The van der Waals surface area contributed by atoms with Gasteiger partial charge >= 0.3 is 0 Å². The SMILES string of the molecule is Cl.Cl.Nc1ccc(F)c(OCC2CNC2)c1. The molecule has 0 aromatic heterocycles. The fourth-order valence-corrected chi connectivity index (χ4v) is 1.30. The zero-order chi connectivity index (χ0) is 9.97. The Balaban J connectivity index is 0.00000112. The molecule has 1 aromatic rings. The van der Waals surface area contributed by atoms with E-state index in [0.717, 1.165) is 13.1 Å². The van der Waals surface area contributed by atoms with Gasteiger partial charge in [-0.1, -0.05) is 0 Å². The molecule has 1 aliphatic rings. The minimum absolute atomic E-state index is 0. The summed E-state index contributed by atoms with van der Waals surface area (Å²) in [5.74, 6) is 0.388. The molecule has 6 heteroatoms. The van der Waals surface area contributed by atoms with Gasteiger partial charge in [0.05, 0.1) is 6.61 Å². The molecule has 0 unspecified atom stereocenters. The van der Waals surface area contributed by atoms with Gasteiger partial charge in [0.1, 0.15) is 0 Å². The van der Waals surface area contributed by atoms with Crippen molar-refractivity contribution >= 4 is 30.5 Å². The standard InChI is InChI=1S/C10H13FN2O.2ClH/c11-9-2-1-8(12)3-10(9)14-6-7-4-13-5-7;;/h1-3,7,13H,4-6,12H2;2*1H. The maximum Gasteiger partial charge on any atom is 0.165 e. The van der Waals surface area contributed by atoms with Crippen molar-refractivity contribution in [2.45, 2.75) is 0 Å². The largest absolute Gasteiger partial charge is 0.490 e. The molecule has 1 heterocycles. The smallest absolute Gasteiger partial charge is 0.165 e. The number of ether oxygens (including phenoxy) is 1. The van der Waals surface area contributed by atoms with Crippen molar-refractivity contribution in [1.29, 1.82) is 0 Å². The molecular formula is C10H15Cl2FN2O. The van der Waals surface area contributed by atoms with Crippen LogP contribution in [-0.2, 0) is 0 Å². The first-order valence-electron chi connectivity index (χ1n) is 4.64. The number of benzene rings is 1. The average Bonchev–Trinajstić information content (AvgIpc) is 2.08. The zero-order valence-corrected chi connectivity index (χ0v) is 10.2. The number of hydrogen-bond donors (Lipinski definition) is 2. The molecular weight excluding hydrogens is 254 g/mol. The van der Waals surface area contributed by atoms with Gasteiger partial charge in [-0.15, -0.1) is 24.8 Å². The summed E-state index contributed by atoms with van der Waals surface area (Å²) < 4.78 is 18.5. The van der Waals surface area contributed by atoms with E-state index in [4.69, 9.17) is 10.5 Å². The number of anilines is 1. The predicted octanol–water partition coefficient (Wildman–Crippen LogP) is 1.85. The van der Waals surface area contributed by atoms with Crippen molar-refractivity contribution in [2.24, 2.45) is 5.92 Å². The van der Waals surface area contributed by atoms with Crippen LogP contribution in [0.15, 0.2) is 18.2 Å². The average molecular weight is 269 g/mol. The summed E-state index contributed by atoms with van der Waals surface area (Å²) in [5.41, 5.74) is 6.04. The molecule has 3 nitrogen and oxygen atoms in total. The molecule has 3 N–H and O–H groups in total. The third-order valence-electron chi connectivity index (χ3n) is 2.30. The Morgan fingerprint density at radius 2 is 2.06 bits per heavy atom. The third kappa shape index (κ3) is 3.70. The molecule has 2 rings (SSSR count). The van der Waals surface area contributed by atoms with Crippen molar-refractivity contribution in [3.05, 3.63) is 24.0 Å². The molecule has 1 aliphatic heterocycles. The number of nitrogens with two attached hydrogens (primary N) is 1. The van der Waals surface area contributed by atoms with Crippen molar-refractivity contribution in [3.63, 3.8) is 0 Å². The van der Waals surface area contributed by atoms with Crippen LogP contribution in [0.2, 0.25) is 0 Å². The fraction of sp³-hybridized carbons (Fsp3) is 0.400. The molecule has 0 amide bonds. The maximum atomic E-state index is 13.1. The normalized spacial score (nSPS) is 14.3. The Labute approximate surface area is 106 Å².